The molecule has 2 N–H and O–H groups in total. The summed E-state index contributed by atoms with van der Waals surface area (Å²) in [5.41, 5.74) is 2.76. The number of aryl methyl sites for hydroxylation is 1. The lowest BCUT2D eigenvalue weighted by Crippen LogP contribution is -3.14. The average Bonchev–Trinajstić information content (AvgIpc) is 3.29. The van der Waals surface area contributed by atoms with Gasteiger partial charge in [0.1, 0.15) is 6.04 Å². The monoisotopic (exact) mass is 342 g/mol. The summed E-state index contributed by atoms with van der Waals surface area (Å²) in [5.74, 6) is -0.135. The van der Waals surface area contributed by atoms with Gasteiger partial charge in [0.05, 0.1) is 31.9 Å². The predicted octanol–water partition coefficient (Wildman–Crippen LogP) is 0.993. The van der Waals surface area contributed by atoms with Crippen LogP contribution >= 0.6 is 0 Å². The molecular formula is C19H28N5O+. The van der Waals surface area contributed by atoms with E-state index in [1.54, 1.807) is 15.8 Å². The predicted molar refractivity (Wildman–Crippen MR) is 96.7 cm³/mol. The molecule has 6 nitrogen and oxygen atoms in total. The van der Waals surface area contributed by atoms with Crippen molar-refractivity contribution < 1.29 is 9.69 Å². The zero-order valence-electron chi connectivity index (χ0n) is 15.3. The summed E-state index contributed by atoms with van der Waals surface area (Å²) in [7, 11) is 0. The smallest absolute Gasteiger partial charge is 0.273 e. The molecule has 1 aromatic carbocycles. The highest BCUT2D eigenvalue weighted by atomic mass is 16.2. The first-order valence-electron chi connectivity index (χ1n) is 9.19. The van der Waals surface area contributed by atoms with E-state index in [0.29, 0.717) is 18.3 Å². The van der Waals surface area contributed by atoms with Crippen LogP contribution < -0.4 is 10.2 Å². The number of quaternary nitrogens is 1. The summed E-state index contributed by atoms with van der Waals surface area (Å²) in [6.45, 7) is 9.36. The Kier molecular flexibility index (Phi) is 5.48. The highest BCUT2D eigenvalue weighted by Gasteiger charge is 2.27. The number of carbonyl (C=O) groups excluding carboxylic acids is 1. The molecule has 134 valence electrons. The number of likely N-dealkylation sites (N-methyl/N-ethyl adjacent to an activating group) is 1. The number of benzene rings is 1. The topological polar surface area (TPSA) is 64.2 Å². The van der Waals surface area contributed by atoms with Crippen molar-refractivity contribution in [3.05, 3.63) is 47.3 Å². The number of nitrogens with zero attached hydrogens (tertiary/aromatic N) is 3. The molecule has 1 aliphatic heterocycles. The minimum Gasteiger partial charge on any atom is -0.345 e. The van der Waals surface area contributed by atoms with E-state index in [1.807, 2.05) is 0 Å². The van der Waals surface area contributed by atoms with Gasteiger partial charge in [-0.3, -0.25) is 4.79 Å². The van der Waals surface area contributed by atoms with Crippen molar-refractivity contribution in [1.82, 2.24) is 20.3 Å². The summed E-state index contributed by atoms with van der Waals surface area (Å²) in [5, 5.41) is 11.2. The number of hydrogen-bond donors (Lipinski definition) is 2. The van der Waals surface area contributed by atoms with E-state index in [2.05, 4.69) is 60.7 Å². The van der Waals surface area contributed by atoms with Crippen molar-refractivity contribution in [3.8, 4) is 0 Å². The second-order valence-corrected chi connectivity index (χ2v) is 6.98. The largest absolute Gasteiger partial charge is 0.345 e. The lowest BCUT2D eigenvalue weighted by Gasteiger charge is -2.19. The van der Waals surface area contributed by atoms with Crippen LogP contribution in [0.5, 0.6) is 0 Å². The molecule has 2 heterocycles. The van der Waals surface area contributed by atoms with E-state index in [0.717, 1.165) is 12.1 Å². The summed E-state index contributed by atoms with van der Waals surface area (Å²) >= 11 is 0. The lowest BCUT2D eigenvalue weighted by atomic mass is 10.1. The zero-order valence-corrected chi connectivity index (χ0v) is 15.3. The van der Waals surface area contributed by atoms with Crippen LogP contribution in [0.4, 0.5) is 0 Å². The third-order valence-electron chi connectivity index (χ3n) is 5.29. The Hall–Kier alpha value is -2.21. The van der Waals surface area contributed by atoms with Crippen LogP contribution in [0.2, 0.25) is 0 Å². The van der Waals surface area contributed by atoms with Crippen molar-refractivity contribution in [2.24, 2.45) is 0 Å². The number of hydrogen-bond acceptors (Lipinski definition) is 3. The number of aromatic nitrogens is 3. The van der Waals surface area contributed by atoms with Crippen LogP contribution in [0.3, 0.4) is 0 Å². The minimum atomic E-state index is -0.135. The lowest BCUT2D eigenvalue weighted by molar-refractivity contribution is -0.909. The van der Waals surface area contributed by atoms with E-state index in [-0.39, 0.29) is 11.9 Å². The van der Waals surface area contributed by atoms with Crippen molar-refractivity contribution in [2.45, 2.75) is 45.7 Å². The van der Waals surface area contributed by atoms with Crippen LogP contribution in [0.1, 0.15) is 54.3 Å². The molecule has 3 rings (SSSR count). The third-order valence-corrected chi connectivity index (χ3v) is 5.29. The van der Waals surface area contributed by atoms with E-state index in [1.165, 1.54) is 24.9 Å². The maximum absolute atomic E-state index is 12.4. The normalized spacial score (nSPS) is 21.2. The van der Waals surface area contributed by atoms with Crippen molar-refractivity contribution in [1.29, 1.82) is 0 Å². The van der Waals surface area contributed by atoms with Gasteiger partial charge in [-0.05, 0) is 26.3 Å². The van der Waals surface area contributed by atoms with Crippen LogP contribution in [0, 0.1) is 6.92 Å². The van der Waals surface area contributed by atoms with Gasteiger partial charge in [-0.2, -0.15) is 0 Å². The van der Waals surface area contributed by atoms with Gasteiger partial charge in [-0.15, -0.1) is 5.10 Å². The molecule has 0 spiro atoms. The highest BCUT2D eigenvalue weighted by molar-refractivity contribution is 5.91. The van der Waals surface area contributed by atoms with Crippen LogP contribution in [0.25, 0.3) is 0 Å². The molecule has 3 atom stereocenters. The molecule has 0 radical (unpaired) electrons. The fourth-order valence-electron chi connectivity index (χ4n) is 3.57. The summed E-state index contributed by atoms with van der Waals surface area (Å²) < 4.78 is 1.75. The number of carbonyl (C=O) groups is 1. The first kappa shape index (κ1) is 17.6. The zero-order chi connectivity index (χ0) is 17.8. The van der Waals surface area contributed by atoms with Gasteiger partial charge in [-0.1, -0.05) is 35.0 Å². The summed E-state index contributed by atoms with van der Waals surface area (Å²) in [6.07, 6.45) is 4.16. The fraction of sp³-hybridized carbons (Fsp3) is 0.526. The molecule has 25 heavy (non-hydrogen) atoms. The van der Waals surface area contributed by atoms with Gasteiger partial charge in [0.2, 0.25) is 0 Å². The molecule has 1 aliphatic rings. The molecule has 1 amide bonds. The van der Waals surface area contributed by atoms with Crippen molar-refractivity contribution in [2.75, 3.05) is 19.6 Å². The maximum Gasteiger partial charge on any atom is 0.273 e. The van der Waals surface area contributed by atoms with Gasteiger partial charge in [0, 0.05) is 12.8 Å². The van der Waals surface area contributed by atoms with E-state index < -0.39 is 0 Å². The quantitative estimate of drug-likeness (QED) is 0.823. The number of amides is 1. The molecule has 0 aliphatic carbocycles. The van der Waals surface area contributed by atoms with Crippen LogP contribution in [-0.2, 0) is 0 Å². The minimum absolute atomic E-state index is 0.0458. The van der Waals surface area contributed by atoms with E-state index in [4.69, 9.17) is 0 Å². The standard InChI is InChI=1S/C19H27N5O/c1-4-23-11-5-6-17(23)12-20-19(25)18-13-24(22-21-18)15(3)16-9-7-14(2)8-10-16/h7-10,13,15,17H,4-6,11-12H2,1-3H3,(H,20,25)/p+1/t15-,17-/m0/s1. The molecule has 0 saturated carbocycles. The molecule has 6 heteroatoms. The Morgan fingerprint density at radius 2 is 2.16 bits per heavy atom. The molecular weight excluding hydrogens is 314 g/mol. The summed E-state index contributed by atoms with van der Waals surface area (Å²) in [4.78, 5) is 14.0. The Morgan fingerprint density at radius 3 is 2.88 bits per heavy atom. The Morgan fingerprint density at radius 1 is 1.40 bits per heavy atom. The van der Waals surface area contributed by atoms with Gasteiger partial charge in [0.15, 0.2) is 5.69 Å². The Bertz CT molecular complexity index is 709. The molecule has 1 aromatic heterocycles. The Balaban J connectivity index is 1.60. The number of rotatable bonds is 6. The second kappa shape index (κ2) is 7.78. The fourth-order valence-corrected chi connectivity index (χ4v) is 3.57. The van der Waals surface area contributed by atoms with Gasteiger partial charge >= 0.3 is 0 Å². The average molecular weight is 342 g/mol. The molecule has 1 unspecified atom stereocenters. The third kappa shape index (κ3) is 4.07. The first-order chi connectivity index (χ1) is 12.1. The van der Waals surface area contributed by atoms with E-state index in [9.17, 15) is 4.79 Å². The molecule has 1 fully saturated rings. The summed E-state index contributed by atoms with van der Waals surface area (Å²) in [6, 6.07) is 8.91. The van der Waals surface area contributed by atoms with Crippen LogP contribution in [-0.4, -0.2) is 46.6 Å². The second-order valence-electron chi connectivity index (χ2n) is 6.98. The maximum atomic E-state index is 12.4. The first-order valence-corrected chi connectivity index (χ1v) is 9.19. The van der Waals surface area contributed by atoms with Crippen LogP contribution in [0.15, 0.2) is 30.5 Å². The van der Waals surface area contributed by atoms with E-state index >= 15 is 0 Å². The van der Waals surface area contributed by atoms with Gasteiger partial charge in [-0.25, -0.2) is 4.68 Å². The molecule has 1 saturated heterocycles. The number of likely N-dealkylation sites (tertiary alicyclic amines) is 1. The van der Waals surface area contributed by atoms with Gasteiger partial charge in [0.25, 0.3) is 5.91 Å². The van der Waals surface area contributed by atoms with Crippen molar-refractivity contribution in [3.63, 3.8) is 0 Å². The number of nitrogens with one attached hydrogen (secondary N) is 2. The van der Waals surface area contributed by atoms with Crippen molar-refractivity contribution >= 4 is 5.91 Å². The molecule has 0 bridgehead atoms. The highest BCUT2D eigenvalue weighted by Crippen LogP contribution is 2.17. The molecule has 2 aromatic rings. The Labute approximate surface area is 149 Å². The van der Waals surface area contributed by atoms with Gasteiger partial charge < -0.3 is 10.2 Å². The SMILES string of the molecule is CC[NH+]1CCC[C@H]1CNC(=O)c1cn([C@@H](C)c2ccc(C)cc2)nn1.